The van der Waals surface area contributed by atoms with E-state index in [1.165, 1.54) is 0 Å². The molecule has 3 rings (SSSR count). The first kappa shape index (κ1) is 16.6. The summed E-state index contributed by atoms with van der Waals surface area (Å²) in [4.78, 5) is 16.8. The highest BCUT2D eigenvalue weighted by Gasteiger charge is 2.31. The van der Waals surface area contributed by atoms with Crippen molar-refractivity contribution in [2.45, 2.75) is 43.9 Å². The average molecular weight is 326 g/mol. The van der Waals surface area contributed by atoms with E-state index < -0.39 is 18.2 Å². The zero-order valence-corrected chi connectivity index (χ0v) is 13.4. The Kier molecular flexibility index (Phi) is 5.23. The van der Waals surface area contributed by atoms with Crippen LogP contribution in [0.5, 0.6) is 0 Å². The molecule has 0 saturated heterocycles. The van der Waals surface area contributed by atoms with E-state index in [0.29, 0.717) is 25.0 Å². The first-order valence-electron chi connectivity index (χ1n) is 8.30. The number of nitrogens with zero attached hydrogens (tertiary/aromatic N) is 1. The van der Waals surface area contributed by atoms with Crippen molar-refractivity contribution in [1.82, 2.24) is 10.3 Å². The second-order valence-corrected chi connectivity index (χ2v) is 6.25. The molecule has 1 aliphatic carbocycles. The molecule has 126 valence electrons. The number of aromatic nitrogens is 1. The molecule has 0 spiro atoms. The summed E-state index contributed by atoms with van der Waals surface area (Å²) in [5, 5.41) is 22.5. The normalized spacial score (nSPS) is 23.7. The number of benzene rings is 1. The number of rotatable bonds is 4. The van der Waals surface area contributed by atoms with Crippen LogP contribution in [0.2, 0.25) is 0 Å². The molecule has 3 atom stereocenters. The molecule has 0 bridgehead atoms. The zero-order valence-electron chi connectivity index (χ0n) is 13.4. The number of carbonyl (C=O) groups excluding carboxylic acids is 1. The fraction of sp³-hybridized carbons (Fsp3) is 0.368. The average Bonchev–Trinajstić information content (AvgIpc) is 2.60. The maximum Gasteiger partial charge on any atom is 0.270 e. The van der Waals surface area contributed by atoms with Crippen LogP contribution in [0.1, 0.15) is 41.0 Å². The Bertz CT molecular complexity index is 690. The predicted octanol–water partition coefficient (Wildman–Crippen LogP) is 1.68. The fourth-order valence-corrected chi connectivity index (χ4v) is 3.07. The van der Waals surface area contributed by atoms with E-state index >= 15 is 0 Å². The van der Waals surface area contributed by atoms with E-state index in [1.54, 1.807) is 6.07 Å². The van der Waals surface area contributed by atoms with E-state index in [2.05, 4.69) is 10.3 Å². The summed E-state index contributed by atoms with van der Waals surface area (Å²) in [6.45, 7) is 0. The third kappa shape index (κ3) is 3.99. The summed E-state index contributed by atoms with van der Waals surface area (Å²) < 4.78 is 0. The van der Waals surface area contributed by atoms with Crippen LogP contribution in [0.4, 0.5) is 0 Å². The molecule has 1 aromatic heterocycles. The summed E-state index contributed by atoms with van der Waals surface area (Å²) >= 11 is 0. The van der Waals surface area contributed by atoms with Crippen molar-refractivity contribution in [2.24, 2.45) is 0 Å². The molecule has 1 heterocycles. The van der Waals surface area contributed by atoms with E-state index in [4.69, 9.17) is 0 Å². The number of hydrogen-bond acceptors (Lipinski definition) is 4. The molecule has 5 nitrogen and oxygen atoms in total. The van der Waals surface area contributed by atoms with Gasteiger partial charge in [0.05, 0.1) is 18.2 Å². The van der Waals surface area contributed by atoms with Gasteiger partial charge in [0.1, 0.15) is 5.69 Å². The minimum atomic E-state index is -0.921. The van der Waals surface area contributed by atoms with Crippen molar-refractivity contribution in [3.05, 3.63) is 65.5 Å². The largest absolute Gasteiger partial charge is 0.390 e. The van der Waals surface area contributed by atoms with Gasteiger partial charge in [-0.1, -0.05) is 36.4 Å². The minimum absolute atomic E-state index is 0.317. The minimum Gasteiger partial charge on any atom is -0.390 e. The zero-order chi connectivity index (χ0) is 16.9. The SMILES string of the molecule is O=C(N[C@@H]1CCC[C@@H](O)[C@@H]1O)c1cccc(Cc2ccccc2)n1. The maximum absolute atomic E-state index is 12.4. The number of pyridine rings is 1. The first-order valence-corrected chi connectivity index (χ1v) is 8.30. The van der Waals surface area contributed by atoms with Gasteiger partial charge in [-0.25, -0.2) is 4.98 Å². The van der Waals surface area contributed by atoms with Crippen molar-refractivity contribution in [2.75, 3.05) is 0 Å². The molecule has 5 heteroatoms. The van der Waals surface area contributed by atoms with Crippen LogP contribution in [0, 0.1) is 0 Å². The lowest BCUT2D eigenvalue weighted by molar-refractivity contribution is -0.0278. The monoisotopic (exact) mass is 326 g/mol. The molecular weight excluding hydrogens is 304 g/mol. The van der Waals surface area contributed by atoms with Crippen molar-refractivity contribution in [3.63, 3.8) is 0 Å². The number of aliphatic hydroxyl groups is 2. The van der Waals surface area contributed by atoms with Crippen molar-refractivity contribution >= 4 is 5.91 Å². The van der Waals surface area contributed by atoms with Gasteiger partial charge in [0.25, 0.3) is 5.91 Å². The van der Waals surface area contributed by atoms with Crippen LogP contribution in [0.3, 0.4) is 0 Å². The summed E-state index contributed by atoms with van der Waals surface area (Å²) in [7, 11) is 0. The molecule has 1 saturated carbocycles. The molecule has 0 radical (unpaired) electrons. The second-order valence-electron chi connectivity index (χ2n) is 6.25. The standard InChI is InChI=1S/C19H22N2O3/c22-17-11-5-9-15(18(17)23)21-19(24)16-10-4-8-14(20-16)12-13-6-2-1-3-7-13/h1-4,6-8,10,15,17-18,22-23H,5,9,11-12H2,(H,21,24)/t15-,17-,18-/m1/s1. The molecule has 1 aromatic carbocycles. The number of hydrogen-bond donors (Lipinski definition) is 3. The van der Waals surface area contributed by atoms with Crippen LogP contribution in [0.15, 0.2) is 48.5 Å². The number of aliphatic hydroxyl groups excluding tert-OH is 2. The maximum atomic E-state index is 12.4. The highest BCUT2D eigenvalue weighted by Crippen LogP contribution is 2.19. The Morgan fingerprint density at radius 2 is 1.88 bits per heavy atom. The summed E-state index contributed by atoms with van der Waals surface area (Å²) in [6.07, 6.45) is 0.972. The number of nitrogens with one attached hydrogen (secondary N) is 1. The van der Waals surface area contributed by atoms with Gasteiger partial charge >= 0.3 is 0 Å². The van der Waals surface area contributed by atoms with Crippen LogP contribution < -0.4 is 5.32 Å². The Balaban J connectivity index is 1.68. The van der Waals surface area contributed by atoms with Crippen molar-refractivity contribution in [3.8, 4) is 0 Å². The number of carbonyl (C=O) groups is 1. The van der Waals surface area contributed by atoms with Crippen LogP contribution in [-0.2, 0) is 6.42 Å². The Morgan fingerprint density at radius 1 is 1.08 bits per heavy atom. The molecule has 1 fully saturated rings. The highest BCUT2D eigenvalue weighted by molar-refractivity contribution is 5.92. The fourth-order valence-electron chi connectivity index (χ4n) is 3.07. The molecule has 24 heavy (non-hydrogen) atoms. The van der Waals surface area contributed by atoms with Gasteiger partial charge in [-0.05, 0) is 37.0 Å². The summed E-state index contributed by atoms with van der Waals surface area (Å²) in [5.41, 5.74) is 2.28. The number of amides is 1. The van der Waals surface area contributed by atoms with Gasteiger partial charge in [-0.15, -0.1) is 0 Å². The van der Waals surface area contributed by atoms with E-state index in [-0.39, 0.29) is 5.91 Å². The molecule has 3 N–H and O–H groups in total. The van der Waals surface area contributed by atoms with Crippen LogP contribution in [-0.4, -0.2) is 39.4 Å². The van der Waals surface area contributed by atoms with Crippen LogP contribution in [0.25, 0.3) is 0 Å². The lowest BCUT2D eigenvalue weighted by atomic mass is 9.90. The van der Waals surface area contributed by atoms with Crippen molar-refractivity contribution in [1.29, 1.82) is 0 Å². The first-order chi connectivity index (χ1) is 11.6. The van der Waals surface area contributed by atoms with Gasteiger partial charge in [0, 0.05) is 12.1 Å². The third-order valence-electron chi connectivity index (χ3n) is 4.41. The lowest BCUT2D eigenvalue weighted by Crippen LogP contribution is -2.51. The Hall–Kier alpha value is -2.24. The van der Waals surface area contributed by atoms with Gasteiger partial charge in [0.2, 0.25) is 0 Å². The van der Waals surface area contributed by atoms with Gasteiger partial charge < -0.3 is 15.5 Å². The molecule has 0 unspecified atom stereocenters. The molecular formula is C19H22N2O3. The molecule has 1 amide bonds. The van der Waals surface area contributed by atoms with Gasteiger partial charge in [0.15, 0.2) is 0 Å². The lowest BCUT2D eigenvalue weighted by Gasteiger charge is -2.32. The summed E-state index contributed by atoms with van der Waals surface area (Å²) in [6, 6.07) is 14.9. The molecule has 0 aliphatic heterocycles. The van der Waals surface area contributed by atoms with Crippen LogP contribution >= 0.6 is 0 Å². The quantitative estimate of drug-likeness (QED) is 0.798. The van der Waals surface area contributed by atoms with Gasteiger partial charge in [-0.3, -0.25) is 4.79 Å². The third-order valence-corrected chi connectivity index (χ3v) is 4.41. The van der Waals surface area contributed by atoms with E-state index in [0.717, 1.165) is 17.7 Å². The van der Waals surface area contributed by atoms with E-state index in [1.807, 2.05) is 42.5 Å². The second kappa shape index (κ2) is 7.55. The molecule has 2 aromatic rings. The Morgan fingerprint density at radius 3 is 2.67 bits per heavy atom. The summed E-state index contributed by atoms with van der Waals surface area (Å²) in [5.74, 6) is -0.317. The smallest absolute Gasteiger partial charge is 0.270 e. The van der Waals surface area contributed by atoms with Crippen molar-refractivity contribution < 1.29 is 15.0 Å². The predicted molar refractivity (Wildman–Crippen MR) is 90.6 cm³/mol. The topological polar surface area (TPSA) is 82.5 Å². The molecule has 1 aliphatic rings. The van der Waals surface area contributed by atoms with E-state index in [9.17, 15) is 15.0 Å². The Labute approximate surface area is 141 Å². The highest BCUT2D eigenvalue weighted by atomic mass is 16.3. The van der Waals surface area contributed by atoms with Gasteiger partial charge in [-0.2, -0.15) is 0 Å².